The third kappa shape index (κ3) is 4.03. The van der Waals surface area contributed by atoms with Gasteiger partial charge in [0.2, 0.25) is 5.91 Å². The lowest BCUT2D eigenvalue weighted by molar-refractivity contribution is -0.122. The minimum Gasteiger partial charge on any atom is -0.399 e. The lowest BCUT2D eigenvalue weighted by Crippen LogP contribution is -2.40. The van der Waals surface area contributed by atoms with Gasteiger partial charge in [-0.05, 0) is 75.8 Å². The molecule has 1 saturated heterocycles. The van der Waals surface area contributed by atoms with Gasteiger partial charge in [0.1, 0.15) is 0 Å². The third-order valence-electron chi connectivity index (χ3n) is 6.16. The van der Waals surface area contributed by atoms with Crippen molar-refractivity contribution in [1.29, 1.82) is 0 Å². The van der Waals surface area contributed by atoms with Gasteiger partial charge >= 0.3 is 0 Å². The number of amides is 2. The fourth-order valence-corrected chi connectivity index (χ4v) is 4.35. The predicted molar refractivity (Wildman–Crippen MR) is 126 cm³/mol. The number of fused-ring (bicyclic) bond motifs is 1. The maximum Gasteiger partial charge on any atom is 0.267 e. The summed E-state index contributed by atoms with van der Waals surface area (Å²) in [5.74, 6) is -0.851. The van der Waals surface area contributed by atoms with E-state index in [1.807, 2.05) is 12.1 Å². The summed E-state index contributed by atoms with van der Waals surface area (Å²) >= 11 is 0. The molecule has 166 valence electrons. The standard InChI is InChI=1S/C25H28N4O3/c1-15(30)18-6-9-22-21(14-18)23(25(32)29(22)16(2)31)24(17-4-7-19(26)8-5-17)27-20-10-12-28(3)13-11-20/h4-9,14,20,27H,10-13,26H2,1-3H3/b24-23+. The van der Waals surface area contributed by atoms with Crippen molar-refractivity contribution in [3.8, 4) is 0 Å². The number of benzene rings is 2. The molecule has 2 amide bonds. The zero-order valence-corrected chi connectivity index (χ0v) is 18.6. The number of carbonyl (C=O) groups is 3. The SMILES string of the molecule is CC(=O)c1ccc2c(c1)/C(=C(\NC1CCN(C)CC1)c1ccc(N)cc1)C(=O)N2C(C)=O. The number of nitrogens with one attached hydrogen (secondary N) is 1. The summed E-state index contributed by atoms with van der Waals surface area (Å²) in [5, 5.41) is 3.60. The van der Waals surface area contributed by atoms with E-state index in [4.69, 9.17) is 5.73 Å². The van der Waals surface area contributed by atoms with E-state index in [0.29, 0.717) is 33.8 Å². The summed E-state index contributed by atoms with van der Waals surface area (Å²) < 4.78 is 0. The number of hydrogen-bond acceptors (Lipinski definition) is 6. The quantitative estimate of drug-likeness (QED) is 0.438. The number of nitrogens with zero attached hydrogens (tertiary/aromatic N) is 2. The topological polar surface area (TPSA) is 95.7 Å². The van der Waals surface area contributed by atoms with Gasteiger partial charge < -0.3 is 16.0 Å². The molecule has 2 aromatic rings. The van der Waals surface area contributed by atoms with Crippen molar-refractivity contribution in [1.82, 2.24) is 10.2 Å². The third-order valence-corrected chi connectivity index (χ3v) is 6.16. The van der Waals surface area contributed by atoms with Crippen molar-refractivity contribution in [2.45, 2.75) is 32.7 Å². The van der Waals surface area contributed by atoms with E-state index < -0.39 is 0 Å². The zero-order valence-electron chi connectivity index (χ0n) is 18.6. The van der Waals surface area contributed by atoms with Gasteiger partial charge in [-0.3, -0.25) is 14.4 Å². The van der Waals surface area contributed by atoms with Crippen molar-refractivity contribution >= 4 is 40.2 Å². The molecule has 0 aromatic heterocycles. The van der Waals surface area contributed by atoms with Crippen molar-refractivity contribution in [3.05, 3.63) is 59.2 Å². The first-order valence-electron chi connectivity index (χ1n) is 10.8. The Bertz CT molecular complexity index is 1110. The number of imide groups is 1. The van der Waals surface area contributed by atoms with E-state index >= 15 is 0 Å². The average molecular weight is 433 g/mol. The number of carbonyl (C=O) groups excluding carboxylic acids is 3. The van der Waals surface area contributed by atoms with Gasteiger partial charge in [-0.2, -0.15) is 0 Å². The molecule has 32 heavy (non-hydrogen) atoms. The maximum absolute atomic E-state index is 13.5. The Kier molecular flexibility index (Phi) is 5.84. The van der Waals surface area contributed by atoms with E-state index in [1.165, 1.54) is 18.7 Å². The highest BCUT2D eigenvalue weighted by molar-refractivity contribution is 6.43. The van der Waals surface area contributed by atoms with Gasteiger partial charge in [0.05, 0.1) is 17.0 Å². The van der Waals surface area contributed by atoms with Crippen LogP contribution in [0.3, 0.4) is 0 Å². The maximum atomic E-state index is 13.5. The van der Waals surface area contributed by atoms with E-state index in [2.05, 4.69) is 17.3 Å². The number of nitrogens with two attached hydrogens (primary N) is 1. The Hall–Kier alpha value is -3.45. The molecule has 7 nitrogen and oxygen atoms in total. The minimum atomic E-state index is -0.388. The van der Waals surface area contributed by atoms with Crippen LogP contribution in [-0.4, -0.2) is 48.7 Å². The smallest absolute Gasteiger partial charge is 0.267 e. The van der Waals surface area contributed by atoms with Crippen LogP contribution in [0.15, 0.2) is 42.5 Å². The van der Waals surface area contributed by atoms with Gasteiger partial charge in [0, 0.05) is 29.8 Å². The number of hydrogen-bond donors (Lipinski definition) is 2. The van der Waals surface area contributed by atoms with Gasteiger partial charge in [0.15, 0.2) is 5.78 Å². The van der Waals surface area contributed by atoms with E-state index in [9.17, 15) is 14.4 Å². The zero-order chi connectivity index (χ0) is 23.0. The highest BCUT2D eigenvalue weighted by atomic mass is 16.2. The summed E-state index contributed by atoms with van der Waals surface area (Å²) in [6.45, 7) is 4.78. The number of nitrogen functional groups attached to an aromatic ring is 1. The van der Waals surface area contributed by atoms with Crippen LogP contribution in [-0.2, 0) is 9.59 Å². The van der Waals surface area contributed by atoms with Crippen LogP contribution < -0.4 is 16.0 Å². The highest BCUT2D eigenvalue weighted by Gasteiger charge is 2.38. The molecule has 0 spiro atoms. The molecule has 0 unspecified atom stereocenters. The first-order valence-corrected chi connectivity index (χ1v) is 10.8. The van der Waals surface area contributed by atoms with E-state index in [1.54, 1.807) is 30.3 Å². The Morgan fingerprint density at radius 3 is 2.22 bits per heavy atom. The summed E-state index contributed by atoms with van der Waals surface area (Å²) in [6, 6.07) is 12.6. The molecule has 2 aliphatic rings. The second-order valence-corrected chi connectivity index (χ2v) is 8.54. The van der Waals surface area contributed by atoms with Crippen molar-refractivity contribution in [2.75, 3.05) is 30.8 Å². The molecule has 0 saturated carbocycles. The van der Waals surface area contributed by atoms with E-state index in [-0.39, 0.29) is 23.6 Å². The molecular weight excluding hydrogens is 404 g/mol. The molecule has 0 bridgehead atoms. The number of rotatable bonds is 4. The lowest BCUT2D eigenvalue weighted by atomic mass is 9.96. The fourth-order valence-electron chi connectivity index (χ4n) is 4.35. The fraction of sp³-hybridized carbons (Fsp3) is 0.320. The van der Waals surface area contributed by atoms with Gasteiger partial charge in [-0.25, -0.2) is 4.90 Å². The lowest BCUT2D eigenvalue weighted by Gasteiger charge is -2.31. The van der Waals surface area contributed by atoms with Crippen LogP contribution in [0.2, 0.25) is 0 Å². The monoisotopic (exact) mass is 432 g/mol. The van der Waals surface area contributed by atoms with Crippen LogP contribution in [0.4, 0.5) is 11.4 Å². The molecule has 2 aromatic carbocycles. The van der Waals surface area contributed by atoms with E-state index in [0.717, 1.165) is 31.5 Å². The Morgan fingerprint density at radius 1 is 1.00 bits per heavy atom. The van der Waals surface area contributed by atoms with Crippen molar-refractivity contribution < 1.29 is 14.4 Å². The Labute approximate surface area is 187 Å². The molecule has 3 N–H and O–H groups in total. The van der Waals surface area contributed by atoms with Crippen LogP contribution in [0, 0.1) is 0 Å². The second-order valence-electron chi connectivity index (χ2n) is 8.54. The van der Waals surface area contributed by atoms with Crippen molar-refractivity contribution in [3.63, 3.8) is 0 Å². The summed E-state index contributed by atoms with van der Waals surface area (Å²) in [7, 11) is 2.10. The summed E-state index contributed by atoms with van der Waals surface area (Å²) in [4.78, 5) is 41.5. The first-order chi connectivity index (χ1) is 15.3. The minimum absolute atomic E-state index is 0.0989. The molecule has 2 aliphatic heterocycles. The summed E-state index contributed by atoms with van der Waals surface area (Å²) in [5.41, 5.74) is 9.99. The second kappa shape index (κ2) is 8.59. The number of Topliss-reactive ketones (excluding diaryl/α,β-unsaturated/α-hetero) is 1. The summed E-state index contributed by atoms with van der Waals surface area (Å²) in [6.07, 6.45) is 1.88. The Balaban J connectivity index is 1.91. The molecule has 0 atom stereocenters. The molecule has 0 aliphatic carbocycles. The number of anilines is 2. The Morgan fingerprint density at radius 2 is 1.62 bits per heavy atom. The van der Waals surface area contributed by atoms with Gasteiger partial charge in [-0.1, -0.05) is 12.1 Å². The average Bonchev–Trinajstić information content (AvgIpc) is 3.05. The normalized spacial score (nSPS) is 18.5. The predicted octanol–water partition coefficient (Wildman–Crippen LogP) is 2.92. The number of piperidine rings is 1. The first kappa shape index (κ1) is 21.8. The number of ketones is 1. The van der Waals surface area contributed by atoms with Gasteiger partial charge in [-0.15, -0.1) is 0 Å². The van der Waals surface area contributed by atoms with Crippen LogP contribution >= 0.6 is 0 Å². The number of likely N-dealkylation sites (tertiary alicyclic amines) is 1. The molecule has 2 heterocycles. The molecule has 7 heteroatoms. The van der Waals surface area contributed by atoms with Gasteiger partial charge in [0.25, 0.3) is 5.91 Å². The van der Waals surface area contributed by atoms with Crippen molar-refractivity contribution in [2.24, 2.45) is 0 Å². The molecule has 4 rings (SSSR count). The largest absolute Gasteiger partial charge is 0.399 e. The van der Waals surface area contributed by atoms with Crippen LogP contribution in [0.1, 0.15) is 48.2 Å². The van der Waals surface area contributed by atoms with Crippen LogP contribution in [0.5, 0.6) is 0 Å². The molecule has 1 fully saturated rings. The highest BCUT2D eigenvalue weighted by Crippen LogP contribution is 2.41. The molecular formula is C25H28N4O3. The molecule has 0 radical (unpaired) electrons. The van der Waals surface area contributed by atoms with Crippen LogP contribution in [0.25, 0.3) is 11.3 Å².